The van der Waals surface area contributed by atoms with Crippen molar-refractivity contribution in [2.75, 3.05) is 13.1 Å². The van der Waals surface area contributed by atoms with E-state index >= 15 is 0 Å². The molecule has 1 fully saturated rings. The number of nitrogens with zero attached hydrogens (tertiary/aromatic N) is 5. The van der Waals surface area contributed by atoms with Gasteiger partial charge in [0, 0.05) is 37.0 Å². The van der Waals surface area contributed by atoms with Crippen LogP contribution in [0, 0.1) is 0 Å². The Morgan fingerprint density at radius 3 is 2.93 bits per heavy atom. The lowest BCUT2D eigenvalue weighted by atomic mass is 9.97. The predicted molar refractivity (Wildman–Crippen MR) is 99.8 cm³/mol. The lowest BCUT2D eigenvalue weighted by Gasteiger charge is -2.31. The van der Waals surface area contributed by atoms with Crippen LogP contribution in [0.4, 0.5) is 0 Å². The molecule has 0 aliphatic carbocycles. The molecule has 1 amide bonds. The third-order valence-corrected chi connectivity index (χ3v) is 4.89. The predicted octanol–water partition coefficient (Wildman–Crippen LogP) is 3.40. The lowest BCUT2D eigenvalue weighted by Crippen LogP contribution is -2.39. The molecule has 1 saturated heterocycles. The molecule has 27 heavy (non-hydrogen) atoms. The van der Waals surface area contributed by atoms with E-state index in [4.69, 9.17) is 4.52 Å². The molecule has 1 unspecified atom stereocenters. The second-order valence-electron chi connectivity index (χ2n) is 7.24. The minimum atomic E-state index is 0.0253. The molecular weight excluding hydrogens is 342 g/mol. The van der Waals surface area contributed by atoms with Crippen molar-refractivity contribution in [3.05, 3.63) is 60.0 Å². The number of piperidine rings is 1. The SMILES string of the molecule is CC(C)c1noc(C2CCCN(C(=O)c3cccc(-n4cccn4)c3)C2)n1. The van der Waals surface area contributed by atoms with Crippen LogP contribution in [0.15, 0.2) is 47.2 Å². The number of likely N-dealkylation sites (tertiary alicyclic amines) is 1. The number of rotatable bonds is 4. The van der Waals surface area contributed by atoms with Gasteiger partial charge in [-0.3, -0.25) is 4.79 Å². The molecule has 4 rings (SSSR count). The first kappa shape index (κ1) is 17.5. The van der Waals surface area contributed by atoms with Crippen LogP contribution in [0.3, 0.4) is 0 Å². The topological polar surface area (TPSA) is 77.0 Å². The first-order chi connectivity index (χ1) is 13.1. The molecule has 7 nitrogen and oxygen atoms in total. The third kappa shape index (κ3) is 3.63. The summed E-state index contributed by atoms with van der Waals surface area (Å²) < 4.78 is 7.21. The molecule has 0 spiro atoms. The normalized spacial score (nSPS) is 17.4. The van der Waals surface area contributed by atoms with Crippen LogP contribution in [0.25, 0.3) is 5.69 Å². The summed E-state index contributed by atoms with van der Waals surface area (Å²) in [4.78, 5) is 19.4. The fraction of sp³-hybridized carbons (Fsp3) is 0.400. The Bertz CT molecular complexity index is 916. The third-order valence-electron chi connectivity index (χ3n) is 4.89. The first-order valence-electron chi connectivity index (χ1n) is 9.34. The average molecular weight is 365 g/mol. The van der Waals surface area contributed by atoms with Crippen molar-refractivity contribution >= 4 is 5.91 Å². The molecule has 0 radical (unpaired) electrons. The standard InChI is InChI=1S/C20H23N5O2/c1-14(2)18-22-19(27-23-18)16-7-4-10-24(13-16)20(26)15-6-3-8-17(12-15)25-11-5-9-21-25/h3,5-6,8-9,11-12,14,16H,4,7,10,13H2,1-2H3. The number of carbonyl (C=O) groups is 1. The lowest BCUT2D eigenvalue weighted by molar-refractivity contribution is 0.0695. The maximum Gasteiger partial charge on any atom is 0.253 e. The maximum atomic E-state index is 13.0. The van der Waals surface area contributed by atoms with Gasteiger partial charge in [0.25, 0.3) is 5.91 Å². The Hall–Kier alpha value is -2.96. The van der Waals surface area contributed by atoms with E-state index in [-0.39, 0.29) is 17.7 Å². The molecule has 1 aliphatic rings. The molecular formula is C20H23N5O2. The van der Waals surface area contributed by atoms with Crippen molar-refractivity contribution in [2.45, 2.75) is 38.5 Å². The number of hydrogen-bond donors (Lipinski definition) is 0. The zero-order chi connectivity index (χ0) is 18.8. The van der Waals surface area contributed by atoms with Gasteiger partial charge in [-0.25, -0.2) is 4.68 Å². The Morgan fingerprint density at radius 1 is 1.30 bits per heavy atom. The van der Waals surface area contributed by atoms with Gasteiger partial charge in [0.2, 0.25) is 5.89 Å². The van der Waals surface area contributed by atoms with Gasteiger partial charge in [0.15, 0.2) is 5.82 Å². The van der Waals surface area contributed by atoms with E-state index in [0.717, 1.165) is 30.9 Å². The Kier molecular flexibility index (Phi) is 4.75. The largest absolute Gasteiger partial charge is 0.339 e. The minimum Gasteiger partial charge on any atom is -0.339 e. The van der Waals surface area contributed by atoms with Crippen molar-refractivity contribution in [1.82, 2.24) is 24.8 Å². The fourth-order valence-electron chi connectivity index (χ4n) is 3.40. The summed E-state index contributed by atoms with van der Waals surface area (Å²) >= 11 is 0. The summed E-state index contributed by atoms with van der Waals surface area (Å²) in [6, 6.07) is 9.41. The van der Waals surface area contributed by atoms with Crippen molar-refractivity contribution < 1.29 is 9.32 Å². The van der Waals surface area contributed by atoms with Crippen LogP contribution >= 0.6 is 0 Å². The van der Waals surface area contributed by atoms with Crippen molar-refractivity contribution in [1.29, 1.82) is 0 Å². The van der Waals surface area contributed by atoms with Gasteiger partial charge in [-0.05, 0) is 37.1 Å². The highest BCUT2D eigenvalue weighted by Crippen LogP contribution is 2.27. The zero-order valence-corrected chi connectivity index (χ0v) is 15.6. The van der Waals surface area contributed by atoms with Gasteiger partial charge < -0.3 is 9.42 Å². The van der Waals surface area contributed by atoms with E-state index in [9.17, 15) is 4.79 Å². The Labute approximate surface area is 158 Å². The Morgan fingerprint density at radius 2 is 2.19 bits per heavy atom. The molecule has 1 aliphatic heterocycles. The van der Waals surface area contributed by atoms with Gasteiger partial charge >= 0.3 is 0 Å². The van der Waals surface area contributed by atoms with Crippen molar-refractivity contribution in [2.24, 2.45) is 0 Å². The molecule has 0 bridgehead atoms. The van der Waals surface area contributed by atoms with Crippen LogP contribution in [-0.4, -0.2) is 43.8 Å². The summed E-state index contributed by atoms with van der Waals surface area (Å²) in [6.45, 7) is 5.42. The molecule has 2 aromatic heterocycles. The van der Waals surface area contributed by atoms with E-state index in [2.05, 4.69) is 15.2 Å². The van der Waals surface area contributed by atoms with Gasteiger partial charge in [-0.2, -0.15) is 10.1 Å². The maximum absolute atomic E-state index is 13.0. The first-order valence-corrected chi connectivity index (χ1v) is 9.34. The molecule has 140 valence electrons. The highest BCUT2D eigenvalue weighted by Gasteiger charge is 2.29. The summed E-state index contributed by atoms with van der Waals surface area (Å²) in [5, 5.41) is 8.29. The van der Waals surface area contributed by atoms with Crippen LogP contribution in [-0.2, 0) is 0 Å². The van der Waals surface area contributed by atoms with Gasteiger partial charge in [-0.15, -0.1) is 0 Å². The molecule has 0 N–H and O–H groups in total. The van der Waals surface area contributed by atoms with Gasteiger partial charge in [0.05, 0.1) is 11.6 Å². The summed E-state index contributed by atoms with van der Waals surface area (Å²) in [6.07, 6.45) is 5.47. The molecule has 0 saturated carbocycles. The van der Waals surface area contributed by atoms with Gasteiger partial charge in [0.1, 0.15) is 0 Å². The summed E-state index contributed by atoms with van der Waals surface area (Å²) in [5.41, 5.74) is 1.54. The van der Waals surface area contributed by atoms with E-state index in [0.29, 0.717) is 18.0 Å². The summed E-state index contributed by atoms with van der Waals surface area (Å²) in [7, 11) is 0. The van der Waals surface area contributed by atoms with Crippen LogP contribution in [0.1, 0.15) is 60.6 Å². The molecule has 1 aromatic carbocycles. The molecule has 3 heterocycles. The Balaban J connectivity index is 1.51. The number of benzene rings is 1. The second kappa shape index (κ2) is 7.34. The number of carbonyl (C=O) groups excluding carboxylic acids is 1. The zero-order valence-electron chi connectivity index (χ0n) is 15.6. The monoisotopic (exact) mass is 365 g/mol. The molecule has 7 heteroatoms. The smallest absolute Gasteiger partial charge is 0.253 e. The van der Waals surface area contributed by atoms with Crippen LogP contribution in [0.5, 0.6) is 0 Å². The fourth-order valence-corrected chi connectivity index (χ4v) is 3.40. The van der Waals surface area contributed by atoms with Crippen molar-refractivity contribution in [3.8, 4) is 5.69 Å². The molecule has 1 atom stereocenters. The summed E-state index contributed by atoms with van der Waals surface area (Å²) in [5.74, 6) is 1.71. The van der Waals surface area contributed by atoms with Crippen LogP contribution in [0.2, 0.25) is 0 Å². The van der Waals surface area contributed by atoms with E-state index < -0.39 is 0 Å². The highest BCUT2D eigenvalue weighted by atomic mass is 16.5. The highest BCUT2D eigenvalue weighted by molar-refractivity contribution is 5.94. The van der Waals surface area contributed by atoms with Gasteiger partial charge in [-0.1, -0.05) is 25.1 Å². The number of aromatic nitrogens is 4. The van der Waals surface area contributed by atoms with E-state index in [1.807, 2.05) is 55.3 Å². The van der Waals surface area contributed by atoms with E-state index in [1.54, 1.807) is 10.9 Å². The number of hydrogen-bond acceptors (Lipinski definition) is 5. The minimum absolute atomic E-state index is 0.0253. The quantitative estimate of drug-likeness (QED) is 0.708. The molecule has 3 aromatic rings. The average Bonchev–Trinajstić information content (AvgIpc) is 3.40. The second-order valence-corrected chi connectivity index (χ2v) is 7.24. The van der Waals surface area contributed by atoms with Crippen molar-refractivity contribution in [3.63, 3.8) is 0 Å². The van der Waals surface area contributed by atoms with Crippen LogP contribution < -0.4 is 0 Å². The number of amides is 1. The van der Waals surface area contributed by atoms with E-state index in [1.165, 1.54) is 0 Å².